The zero-order valence-electron chi connectivity index (χ0n) is 13.4. The summed E-state index contributed by atoms with van der Waals surface area (Å²) in [6.45, 7) is 0. The maximum absolute atomic E-state index is 12.2. The summed E-state index contributed by atoms with van der Waals surface area (Å²) in [5, 5.41) is 6.21. The molecule has 1 heterocycles. The van der Waals surface area contributed by atoms with E-state index in [2.05, 4.69) is 15.6 Å². The molecule has 0 fully saturated rings. The standard InChI is InChI=1S/C19H13Cl2N3O2/c20-16-8-3-12(10-17(16)21)18(25)23-14-4-6-15(7-5-14)24-19(26)13-2-1-9-22-11-13/h1-11H,(H,23,25)(H,24,26). The number of hydrogen-bond acceptors (Lipinski definition) is 3. The van der Waals surface area contributed by atoms with Gasteiger partial charge < -0.3 is 10.6 Å². The van der Waals surface area contributed by atoms with Crippen molar-refractivity contribution in [3.63, 3.8) is 0 Å². The quantitative estimate of drug-likeness (QED) is 0.671. The topological polar surface area (TPSA) is 71.1 Å². The fraction of sp³-hybridized carbons (Fsp3) is 0. The highest BCUT2D eigenvalue weighted by molar-refractivity contribution is 6.42. The van der Waals surface area contributed by atoms with Crippen LogP contribution in [-0.4, -0.2) is 16.8 Å². The second-order valence-corrected chi connectivity index (χ2v) is 6.17. The van der Waals surface area contributed by atoms with Crippen molar-refractivity contribution in [1.82, 2.24) is 4.98 Å². The van der Waals surface area contributed by atoms with Gasteiger partial charge in [-0.15, -0.1) is 0 Å². The molecule has 0 bridgehead atoms. The van der Waals surface area contributed by atoms with Crippen molar-refractivity contribution in [1.29, 1.82) is 0 Å². The molecule has 0 saturated heterocycles. The van der Waals surface area contributed by atoms with Crippen molar-refractivity contribution in [2.24, 2.45) is 0 Å². The Morgan fingerprint density at radius 3 is 1.92 bits per heavy atom. The van der Waals surface area contributed by atoms with E-state index >= 15 is 0 Å². The van der Waals surface area contributed by atoms with Gasteiger partial charge in [0.25, 0.3) is 11.8 Å². The SMILES string of the molecule is O=C(Nc1ccc(NC(=O)c2ccc(Cl)c(Cl)c2)cc1)c1cccnc1. The lowest BCUT2D eigenvalue weighted by molar-refractivity contribution is 0.101. The van der Waals surface area contributed by atoms with Crippen LogP contribution in [0.2, 0.25) is 10.0 Å². The molecule has 1 aromatic heterocycles. The molecule has 2 N–H and O–H groups in total. The summed E-state index contributed by atoms with van der Waals surface area (Å²) in [5.74, 6) is -0.568. The van der Waals surface area contributed by atoms with Gasteiger partial charge in [-0.1, -0.05) is 23.2 Å². The van der Waals surface area contributed by atoms with Crippen molar-refractivity contribution in [3.05, 3.63) is 88.2 Å². The summed E-state index contributed by atoms with van der Waals surface area (Å²) >= 11 is 11.8. The van der Waals surface area contributed by atoms with E-state index in [-0.39, 0.29) is 11.8 Å². The maximum Gasteiger partial charge on any atom is 0.257 e. The Balaban J connectivity index is 1.65. The third-order valence-corrected chi connectivity index (χ3v) is 4.25. The second kappa shape index (κ2) is 7.99. The molecule has 0 aliphatic heterocycles. The van der Waals surface area contributed by atoms with E-state index < -0.39 is 0 Å². The molecule has 26 heavy (non-hydrogen) atoms. The van der Waals surface area contributed by atoms with Gasteiger partial charge in [0.1, 0.15) is 0 Å². The molecule has 0 aliphatic carbocycles. The van der Waals surface area contributed by atoms with E-state index in [1.54, 1.807) is 54.7 Å². The average Bonchev–Trinajstić information content (AvgIpc) is 2.66. The third kappa shape index (κ3) is 4.39. The van der Waals surface area contributed by atoms with Crippen molar-refractivity contribution in [2.45, 2.75) is 0 Å². The molecule has 0 atom stereocenters. The number of hydrogen-bond donors (Lipinski definition) is 2. The van der Waals surface area contributed by atoms with Crippen molar-refractivity contribution < 1.29 is 9.59 Å². The molecule has 2 aromatic carbocycles. The molecule has 3 aromatic rings. The van der Waals surface area contributed by atoms with Crippen LogP contribution in [0, 0.1) is 0 Å². The number of carbonyl (C=O) groups excluding carboxylic acids is 2. The molecule has 3 rings (SSSR count). The monoisotopic (exact) mass is 385 g/mol. The lowest BCUT2D eigenvalue weighted by atomic mass is 10.2. The number of carbonyl (C=O) groups is 2. The number of pyridine rings is 1. The van der Waals surface area contributed by atoms with E-state index in [0.717, 1.165) is 0 Å². The molecule has 0 saturated carbocycles. The van der Waals surface area contributed by atoms with Gasteiger partial charge in [-0.25, -0.2) is 0 Å². The highest BCUT2D eigenvalue weighted by Crippen LogP contribution is 2.23. The molecule has 0 spiro atoms. The van der Waals surface area contributed by atoms with Crippen LogP contribution in [0.15, 0.2) is 67.0 Å². The first-order chi connectivity index (χ1) is 12.5. The van der Waals surface area contributed by atoms with Gasteiger partial charge in [0.2, 0.25) is 0 Å². The Morgan fingerprint density at radius 1 is 0.769 bits per heavy atom. The number of halogens is 2. The minimum atomic E-state index is -0.310. The molecule has 0 aliphatic rings. The van der Waals surface area contributed by atoms with Crippen LogP contribution in [0.25, 0.3) is 0 Å². The summed E-state index contributed by atoms with van der Waals surface area (Å²) in [5.41, 5.74) is 2.05. The van der Waals surface area contributed by atoms with Crippen molar-refractivity contribution in [2.75, 3.05) is 10.6 Å². The fourth-order valence-corrected chi connectivity index (χ4v) is 2.48. The van der Waals surface area contributed by atoms with Gasteiger partial charge in [0, 0.05) is 29.3 Å². The number of nitrogens with zero attached hydrogens (tertiary/aromatic N) is 1. The Bertz CT molecular complexity index is 945. The molecule has 0 radical (unpaired) electrons. The van der Waals surface area contributed by atoms with Gasteiger partial charge in [-0.3, -0.25) is 14.6 Å². The minimum absolute atomic E-state index is 0.259. The predicted molar refractivity (Wildman–Crippen MR) is 103 cm³/mol. The van der Waals surface area contributed by atoms with Crippen LogP contribution in [0.5, 0.6) is 0 Å². The fourth-order valence-electron chi connectivity index (χ4n) is 2.18. The number of aromatic nitrogens is 1. The van der Waals surface area contributed by atoms with E-state index in [4.69, 9.17) is 23.2 Å². The first-order valence-electron chi connectivity index (χ1n) is 7.61. The molecule has 2 amide bonds. The third-order valence-electron chi connectivity index (χ3n) is 3.51. The van der Waals surface area contributed by atoms with Crippen LogP contribution >= 0.6 is 23.2 Å². The van der Waals surface area contributed by atoms with Gasteiger partial charge in [0.15, 0.2) is 0 Å². The summed E-state index contributed by atoms with van der Waals surface area (Å²) in [6.07, 6.45) is 3.09. The molecular formula is C19H13Cl2N3O2. The molecule has 130 valence electrons. The van der Waals surface area contributed by atoms with E-state index in [1.807, 2.05) is 0 Å². The van der Waals surface area contributed by atoms with Crippen LogP contribution < -0.4 is 10.6 Å². The lowest BCUT2D eigenvalue weighted by Crippen LogP contribution is -2.13. The highest BCUT2D eigenvalue weighted by atomic mass is 35.5. The molecule has 0 unspecified atom stereocenters. The maximum atomic E-state index is 12.2. The first kappa shape index (κ1) is 17.9. The second-order valence-electron chi connectivity index (χ2n) is 5.36. The van der Waals surface area contributed by atoms with Crippen molar-refractivity contribution in [3.8, 4) is 0 Å². The zero-order valence-corrected chi connectivity index (χ0v) is 14.9. The number of nitrogens with one attached hydrogen (secondary N) is 2. The smallest absolute Gasteiger partial charge is 0.257 e. The van der Waals surface area contributed by atoms with Crippen LogP contribution in [0.1, 0.15) is 20.7 Å². The highest BCUT2D eigenvalue weighted by Gasteiger charge is 2.09. The van der Waals surface area contributed by atoms with E-state index in [1.165, 1.54) is 12.3 Å². The van der Waals surface area contributed by atoms with Gasteiger partial charge in [-0.05, 0) is 54.6 Å². The summed E-state index contributed by atoms with van der Waals surface area (Å²) in [6, 6.07) is 14.8. The number of benzene rings is 2. The number of anilines is 2. The largest absolute Gasteiger partial charge is 0.322 e. The Labute approximate surface area is 160 Å². The Hall–Kier alpha value is -2.89. The molecular weight excluding hydrogens is 373 g/mol. The van der Waals surface area contributed by atoms with Gasteiger partial charge >= 0.3 is 0 Å². The summed E-state index contributed by atoms with van der Waals surface area (Å²) < 4.78 is 0. The van der Waals surface area contributed by atoms with E-state index in [0.29, 0.717) is 32.5 Å². The predicted octanol–water partition coefficient (Wildman–Crippen LogP) is 4.89. The normalized spacial score (nSPS) is 10.2. The minimum Gasteiger partial charge on any atom is -0.322 e. The first-order valence-corrected chi connectivity index (χ1v) is 8.36. The zero-order chi connectivity index (χ0) is 18.5. The van der Waals surface area contributed by atoms with Crippen LogP contribution in [-0.2, 0) is 0 Å². The summed E-state index contributed by atoms with van der Waals surface area (Å²) in [4.78, 5) is 28.2. The number of amides is 2. The van der Waals surface area contributed by atoms with Crippen molar-refractivity contribution >= 4 is 46.4 Å². The van der Waals surface area contributed by atoms with Gasteiger partial charge in [0.05, 0.1) is 15.6 Å². The molecule has 7 heteroatoms. The Kier molecular flexibility index (Phi) is 5.51. The Morgan fingerprint density at radius 2 is 1.38 bits per heavy atom. The average molecular weight is 386 g/mol. The molecule has 5 nitrogen and oxygen atoms in total. The van der Waals surface area contributed by atoms with Crippen LogP contribution in [0.4, 0.5) is 11.4 Å². The number of rotatable bonds is 4. The lowest BCUT2D eigenvalue weighted by Gasteiger charge is -2.08. The van der Waals surface area contributed by atoms with Gasteiger partial charge in [-0.2, -0.15) is 0 Å². The summed E-state index contributed by atoms with van der Waals surface area (Å²) in [7, 11) is 0. The van der Waals surface area contributed by atoms with E-state index in [9.17, 15) is 9.59 Å². The van der Waals surface area contributed by atoms with Crippen LogP contribution in [0.3, 0.4) is 0 Å².